The Bertz CT molecular complexity index is 1320. The van der Waals surface area contributed by atoms with Crippen LogP contribution in [0.25, 0.3) is 16.7 Å². The maximum atomic E-state index is 13.1. The van der Waals surface area contributed by atoms with Crippen LogP contribution in [0.2, 0.25) is 5.02 Å². The highest BCUT2D eigenvalue weighted by molar-refractivity contribution is 6.32. The number of fused-ring (bicyclic) bond motifs is 1. The first kappa shape index (κ1) is 22.1. The zero-order chi connectivity index (χ0) is 23.7. The molecule has 1 saturated heterocycles. The number of β-amino-alcohol motifs (C(OH)–C–C–N with tert-alkyl or cyclic N) is 1. The summed E-state index contributed by atoms with van der Waals surface area (Å²) in [5.74, 6) is 0.108. The molecule has 0 spiro atoms. The Labute approximate surface area is 199 Å². The fourth-order valence-corrected chi connectivity index (χ4v) is 3.83. The molecule has 1 atom stereocenters. The first-order chi connectivity index (χ1) is 16.5. The van der Waals surface area contributed by atoms with E-state index in [2.05, 4.69) is 30.4 Å². The maximum absolute atomic E-state index is 13.1. The van der Waals surface area contributed by atoms with Crippen LogP contribution in [0, 0.1) is 6.92 Å². The first-order valence-electron chi connectivity index (χ1n) is 10.6. The summed E-state index contributed by atoms with van der Waals surface area (Å²) in [5.41, 5.74) is 1.88. The topological polar surface area (TPSA) is 131 Å². The number of nitrogens with one attached hydrogen (secondary N) is 1. The Morgan fingerprint density at radius 3 is 2.76 bits per heavy atom. The van der Waals surface area contributed by atoms with Gasteiger partial charge in [0.15, 0.2) is 17.6 Å². The Kier molecular flexibility index (Phi) is 6.05. The third-order valence-electron chi connectivity index (χ3n) is 5.35. The van der Waals surface area contributed by atoms with Crippen LogP contribution < -0.4 is 10.1 Å². The molecule has 34 heavy (non-hydrogen) atoms. The van der Waals surface area contributed by atoms with E-state index in [-0.39, 0.29) is 12.4 Å². The molecule has 12 heteroatoms. The lowest BCUT2D eigenvalue weighted by atomic mass is 10.1. The molecule has 1 aliphatic heterocycles. The van der Waals surface area contributed by atoms with E-state index in [1.165, 1.54) is 12.5 Å². The molecule has 0 aliphatic carbocycles. The molecule has 174 valence electrons. The number of aromatic nitrogens is 6. The predicted molar refractivity (Wildman–Crippen MR) is 124 cm³/mol. The van der Waals surface area contributed by atoms with E-state index < -0.39 is 18.1 Å². The van der Waals surface area contributed by atoms with Crippen LogP contribution in [-0.2, 0) is 4.79 Å². The van der Waals surface area contributed by atoms with Crippen LogP contribution in [0.3, 0.4) is 0 Å². The van der Waals surface area contributed by atoms with Gasteiger partial charge in [0, 0.05) is 19.6 Å². The highest BCUT2D eigenvalue weighted by Gasteiger charge is 2.32. The molecule has 0 radical (unpaired) electrons. The van der Waals surface area contributed by atoms with Crippen LogP contribution in [-0.4, -0.2) is 77.5 Å². The van der Waals surface area contributed by atoms with Crippen LogP contribution in [0.15, 0.2) is 49.2 Å². The molecule has 1 fully saturated rings. The van der Waals surface area contributed by atoms with Crippen LogP contribution in [0.4, 0.5) is 5.82 Å². The van der Waals surface area contributed by atoms with Gasteiger partial charge >= 0.3 is 0 Å². The highest BCUT2D eigenvalue weighted by Crippen LogP contribution is 2.27. The number of aliphatic hydroxyl groups is 1. The second-order valence-electron chi connectivity index (χ2n) is 7.94. The molecule has 1 aromatic carbocycles. The second kappa shape index (κ2) is 9.29. The van der Waals surface area contributed by atoms with E-state index in [1.54, 1.807) is 23.1 Å². The molecule has 1 amide bonds. The summed E-state index contributed by atoms with van der Waals surface area (Å²) in [6, 6.07) is 7.27. The number of nitrogens with zero attached hydrogens (tertiary/aromatic N) is 7. The quantitative estimate of drug-likeness (QED) is 0.405. The van der Waals surface area contributed by atoms with Crippen molar-refractivity contribution >= 4 is 34.4 Å². The standard InChI is InChI=1S/C22H21ClN8O3/c1-13-6-25-19(8-24-13)29-21(33)18(11-30-9-14(32)10-30)34-22-15-7-28-31(20(15)26-12-27-22)17-5-3-2-4-16(17)23/h2-8,12,14,18,32H,9-11H2,1H3,(H,25,29,33)/t18-/m0/s1. The Hall–Kier alpha value is -3.67. The van der Waals surface area contributed by atoms with Gasteiger partial charge in [-0.3, -0.25) is 14.7 Å². The smallest absolute Gasteiger partial charge is 0.268 e. The summed E-state index contributed by atoms with van der Waals surface area (Å²) in [6.45, 7) is 2.98. The minimum Gasteiger partial charge on any atom is -0.462 e. The number of anilines is 1. The summed E-state index contributed by atoms with van der Waals surface area (Å²) < 4.78 is 7.68. The van der Waals surface area contributed by atoms with Crippen molar-refractivity contribution in [3.63, 3.8) is 0 Å². The Morgan fingerprint density at radius 2 is 2.03 bits per heavy atom. The third-order valence-corrected chi connectivity index (χ3v) is 5.67. The number of ether oxygens (including phenoxy) is 1. The number of halogens is 1. The van der Waals surface area contributed by atoms with E-state index in [1.807, 2.05) is 30.0 Å². The van der Waals surface area contributed by atoms with Crippen molar-refractivity contribution in [1.82, 2.24) is 34.6 Å². The van der Waals surface area contributed by atoms with E-state index in [0.717, 1.165) is 5.69 Å². The lowest BCUT2D eigenvalue weighted by Crippen LogP contribution is -2.55. The minimum absolute atomic E-state index is 0.208. The number of aliphatic hydroxyl groups excluding tert-OH is 1. The van der Waals surface area contributed by atoms with Crippen molar-refractivity contribution in [3.8, 4) is 11.6 Å². The summed E-state index contributed by atoms with van der Waals surface area (Å²) in [6.07, 6.45) is 4.62. The summed E-state index contributed by atoms with van der Waals surface area (Å²) in [4.78, 5) is 31.9. The zero-order valence-corrected chi connectivity index (χ0v) is 18.9. The van der Waals surface area contributed by atoms with E-state index >= 15 is 0 Å². The number of benzene rings is 1. The molecule has 0 unspecified atom stereocenters. The molecule has 2 N–H and O–H groups in total. The number of likely N-dealkylation sites (tertiary alicyclic amines) is 1. The van der Waals surface area contributed by atoms with Gasteiger partial charge in [-0.2, -0.15) is 5.10 Å². The van der Waals surface area contributed by atoms with Crippen molar-refractivity contribution < 1.29 is 14.6 Å². The van der Waals surface area contributed by atoms with E-state index in [9.17, 15) is 9.90 Å². The number of para-hydroxylation sites is 1. The van der Waals surface area contributed by atoms with Crippen LogP contribution >= 0.6 is 11.6 Å². The average molecular weight is 481 g/mol. The Balaban J connectivity index is 1.43. The van der Waals surface area contributed by atoms with E-state index in [0.29, 0.717) is 40.7 Å². The molecular weight excluding hydrogens is 460 g/mol. The number of carbonyl (C=O) groups is 1. The third kappa shape index (κ3) is 4.53. The first-order valence-corrected chi connectivity index (χ1v) is 11.0. The van der Waals surface area contributed by atoms with Gasteiger partial charge in [-0.05, 0) is 19.1 Å². The van der Waals surface area contributed by atoms with Crippen molar-refractivity contribution in [2.75, 3.05) is 25.0 Å². The molecule has 5 rings (SSSR count). The highest BCUT2D eigenvalue weighted by atomic mass is 35.5. The monoisotopic (exact) mass is 480 g/mol. The number of amides is 1. The van der Waals surface area contributed by atoms with Gasteiger partial charge in [-0.25, -0.2) is 19.6 Å². The minimum atomic E-state index is -0.933. The molecular formula is C22H21ClN8O3. The number of carbonyl (C=O) groups excluding carboxylic acids is 1. The van der Waals surface area contributed by atoms with Gasteiger partial charge < -0.3 is 15.2 Å². The lowest BCUT2D eigenvalue weighted by molar-refractivity contribution is -0.125. The SMILES string of the molecule is Cc1cnc(NC(=O)[C@H](CN2CC(O)C2)Oc2ncnc3c2cnn3-c2ccccc2Cl)cn1. The van der Waals surface area contributed by atoms with Gasteiger partial charge in [0.25, 0.3) is 5.91 Å². The van der Waals surface area contributed by atoms with E-state index in [4.69, 9.17) is 16.3 Å². The molecule has 0 bridgehead atoms. The molecule has 3 aromatic heterocycles. The average Bonchev–Trinajstić information content (AvgIpc) is 3.24. The van der Waals surface area contributed by atoms with Crippen molar-refractivity contribution in [1.29, 1.82) is 0 Å². The molecule has 1 aliphatic rings. The van der Waals surface area contributed by atoms with Crippen LogP contribution in [0.5, 0.6) is 5.88 Å². The molecule has 4 aromatic rings. The van der Waals surface area contributed by atoms with Gasteiger partial charge in [-0.1, -0.05) is 23.7 Å². The number of hydrogen-bond donors (Lipinski definition) is 2. The predicted octanol–water partition coefficient (Wildman–Crippen LogP) is 1.63. The molecule has 0 saturated carbocycles. The maximum Gasteiger partial charge on any atom is 0.268 e. The molecule has 11 nitrogen and oxygen atoms in total. The number of rotatable bonds is 7. The van der Waals surface area contributed by atoms with Gasteiger partial charge in [-0.15, -0.1) is 0 Å². The summed E-state index contributed by atoms with van der Waals surface area (Å²) in [5, 5.41) is 17.8. The van der Waals surface area contributed by atoms with Crippen molar-refractivity contribution in [2.24, 2.45) is 0 Å². The zero-order valence-electron chi connectivity index (χ0n) is 18.2. The second-order valence-corrected chi connectivity index (χ2v) is 8.34. The van der Waals surface area contributed by atoms with Gasteiger partial charge in [0.2, 0.25) is 5.88 Å². The van der Waals surface area contributed by atoms with Crippen molar-refractivity contribution in [2.45, 2.75) is 19.1 Å². The lowest BCUT2D eigenvalue weighted by Gasteiger charge is -2.37. The summed E-state index contributed by atoms with van der Waals surface area (Å²) in [7, 11) is 0. The van der Waals surface area contributed by atoms with Crippen molar-refractivity contribution in [3.05, 3.63) is 59.9 Å². The molecule has 4 heterocycles. The summed E-state index contributed by atoms with van der Waals surface area (Å²) >= 11 is 6.33. The van der Waals surface area contributed by atoms with Crippen LogP contribution in [0.1, 0.15) is 5.69 Å². The normalized spacial score (nSPS) is 15.1. The fraction of sp³-hybridized carbons (Fsp3) is 0.273. The largest absolute Gasteiger partial charge is 0.462 e. The number of hydrogen-bond acceptors (Lipinski definition) is 9. The number of aryl methyl sites for hydroxylation is 1. The van der Waals surface area contributed by atoms with Gasteiger partial charge in [0.1, 0.15) is 11.7 Å². The Morgan fingerprint density at radius 1 is 1.21 bits per heavy atom. The van der Waals surface area contributed by atoms with Gasteiger partial charge in [0.05, 0.1) is 41.1 Å². The fourth-order valence-electron chi connectivity index (χ4n) is 3.61.